The van der Waals surface area contributed by atoms with E-state index in [0.29, 0.717) is 31.8 Å². The summed E-state index contributed by atoms with van der Waals surface area (Å²) in [4.78, 5) is 31.7. The highest BCUT2D eigenvalue weighted by atomic mass is 32.1. The van der Waals surface area contributed by atoms with Gasteiger partial charge in [-0.3, -0.25) is 0 Å². The standard InChI is InChI=1S/C23H32N2O4S/c1-6-28-21(26)20-17(2)30-19(24-20)14-16-25(22(27)29-23(3,4)5)15-10-13-18-11-8-7-9-12-18/h7-9,11-12H,6,10,13-16H2,1-5H3. The number of thiazole rings is 1. The van der Waals surface area contributed by atoms with Gasteiger partial charge in [0.15, 0.2) is 5.69 Å². The number of ether oxygens (including phenoxy) is 2. The van der Waals surface area contributed by atoms with Gasteiger partial charge >= 0.3 is 12.1 Å². The second-order valence-electron chi connectivity index (χ2n) is 8.04. The summed E-state index contributed by atoms with van der Waals surface area (Å²) in [5, 5.41) is 0.812. The molecule has 1 amide bonds. The average molecular weight is 433 g/mol. The van der Waals surface area contributed by atoms with E-state index in [1.807, 2.05) is 45.9 Å². The van der Waals surface area contributed by atoms with Crippen LogP contribution in [-0.4, -0.2) is 47.2 Å². The molecule has 0 unspecified atom stereocenters. The largest absolute Gasteiger partial charge is 0.461 e. The zero-order chi connectivity index (χ0) is 22.1. The molecule has 0 aliphatic carbocycles. The number of rotatable bonds is 9. The molecule has 30 heavy (non-hydrogen) atoms. The smallest absolute Gasteiger partial charge is 0.410 e. The maximum absolute atomic E-state index is 12.7. The summed E-state index contributed by atoms with van der Waals surface area (Å²) in [6, 6.07) is 10.2. The Bertz CT molecular complexity index is 827. The van der Waals surface area contributed by atoms with E-state index >= 15 is 0 Å². The van der Waals surface area contributed by atoms with Gasteiger partial charge in [0.05, 0.1) is 11.6 Å². The van der Waals surface area contributed by atoms with Crippen molar-refractivity contribution in [3.63, 3.8) is 0 Å². The average Bonchev–Trinajstić information content (AvgIpc) is 3.04. The van der Waals surface area contributed by atoms with Crippen LogP contribution in [0.5, 0.6) is 0 Å². The molecule has 0 N–H and O–H groups in total. The molecule has 1 aromatic carbocycles. The first-order chi connectivity index (χ1) is 14.2. The number of esters is 1. The molecule has 2 rings (SSSR count). The SMILES string of the molecule is CCOC(=O)c1nc(CCN(CCCc2ccccc2)C(=O)OC(C)(C)C)sc1C. The van der Waals surface area contributed by atoms with E-state index in [2.05, 4.69) is 17.1 Å². The number of benzene rings is 1. The van der Waals surface area contributed by atoms with Crippen LogP contribution >= 0.6 is 11.3 Å². The fourth-order valence-corrected chi connectivity index (χ4v) is 3.83. The zero-order valence-corrected chi connectivity index (χ0v) is 19.4. The Kier molecular flexibility index (Phi) is 8.84. The monoisotopic (exact) mass is 432 g/mol. The van der Waals surface area contributed by atoms with Crippen LogP contribution in [-0.2, 0) is 22.3 Å². The lowest BCUT2D eigenvalue weighted by molar-refractivity contribution is 0.0249. The van der Waals surface area contributed by atoms with Gasteiger partial charge in [-0.2, -0.15) is 0 Å². The van der Waals surface area contributed by atoms with E-state index < -0.39 is 11.6 Å². The molecule has 0 spiro atoms. The number of aryl methyl sites for hydroxylation is 2. The first kappa shape index (κ1) is 23.9. The van der Waals surface area contributed by atoms with E-state index in [4.69, 9.17) is 9.47 Å². The number of amides is 1. The van der Waals surface area contributed by atoms with Crippen molar-refractivity contribution >= 4 is 23.4 Å². The van der Waals surface area contributed by atoms with Gasteiger partial charge in [0.25, 0.3) is 0 Å². The summed E-state index contributed by atoms with van der Waals surface area (Å²) in [6.45, 7) is 10.6. The van der Waals surface area contributed by atoms with Gasteiger partial charge in [-0.25, -0.2) is 14.6 Å². The lowest BCUT2D eigenvalue weighted by Crippen LogP contribution is -2.38. The second-order valence-corrected chi connectivity index (χ2v) is 9.33. The highest BCUT2D eigenvalue weighted by molar-refractivity contribution is 7.11. The van der Waals surface area contributed by atoms with Gasteiger partial charge in [0.1, 0.15) is 5.60 Å². The van der Waals surface area contributed by atoms with Crippen LogP contribution < -0.4 is 0 Å². The number of hydrogen-bond donors (Lipinski definition) is 0. The molecule has 1 heterocycles. The Morgan fingerprint density at radius 2 is 1.80 bits per heavy atom. The minimum absolute atomic E-state index is 0.318. The molecular formula is C23H32N2O4S. The number of carbonyl (C=O) groups excluding carboxylic acids is 2. The molecule has 0 atom stereocenters. The van der Waals surface area contributed by atoms with Crippen LogP contribution in [0.1, 0.15) is 60.1 Å². The van der Waals surface area contributed by atoms with Crippen LogP contribution in [0.15, 0.2) is 30.3 Å². The van der Waals surface area contributed by atoms with Crippen molar-refractivity contribution in [3.05, 3.63) is 51.5 Å². The Labute approximate surface area is 183 Å². The minimum Gasteiger partial charge on any atom is -0.461 e. The summed E-state index contributed by atoms with van der Waals surface area (Å²) in [5.41, 5.74) is 1.06. The quantitative estimate of drug-likeness (QED) is 0.519. The molecule has 0 aliphatic heterocycles. The molecule has 7 heteroatoms. The van der Waals surface area contributed by atoms with Crippen molar-refractivity contribution in [1.29, 1.82) is 0 Å². The Morgan fingerprint density at radius 1 is 1.10 bits per heavy atom. The van der Waals surface area contributed by atoms with Gasteiger partial charge in [0.2, 0.25) is 0 Å². The highest BCUT2D eigenvalue weighted by Crippen LogP contribution is 2.20. The minimum atomic E-state index is -0.552. The first-order valence-corrected chi connectivity index (χ1v) is 11.2. The Hall–Kier alpha value is -2.41. The maximum atomic E-state index is 12.7. The van der Waals surface area contributed by atoms with E-state index in [1.54, 1.807) is 11.8 Å². The number of hydrogen-bond acceptors (Lipinski definition) is 6. The molecule has 1 aromatic heterocycles. The predicted molar refractivity (Wildman–Crippen MR) is 119 cm³/mol. The molecule has 0 aliphatic rings. The van der Waals surface area contributed by atoms with Crippen molar-refractivity contribution < 1.29 is 19.1 Å². The third-order valence-electron chi connectivity index (χ3n) is 4.29. The van der Waals surface area contributed by atoms with Gasteiger partial charge in [0, 0.05) is 24.4 Å². The normalized spacial score (nSPS) is 11.2. The predicted octanol–water partition coefficient (Wildman–Crippen LogP) is 5.04. The van der Waals surface area contributed by atoms with Crippen molar-refractivity contribution in [2.24, 2.45) is 0 Å². The zero-order valence-electron chi connectivity index (χ0n) is 18.6. The van der Waals surface area contributed by atoms with Gasteiger partial charge in [-0.1, -0.05) is 30.3 Å². The number of nitrogens with zero attached hydrogens (tertiary/aromatic N) is 2. The van der Waals surface area contributed by atoms with Crippen LogP contribution in [0, 0.1) is 6.92 Å². The van der Waals surface area contributed by atoms with E-state index in [0.717, 1.165) is 22.7 Å². The highest BCUT2D eigenvalue weighted by Gasteiger charge is 2.23. The summed E-state index contributed by atoms with van der Waals surface area (Å²) < 4.78 is 10.6. The van der Waals surface area contributed by atoms with Crippen molar-refractivity contribution in [1.82, 2.24) is 9.88 Å². The summed E-state index contributed by atoms with van der Waals surface area (Å²) >= 11 is 1.47. The first-order valence-electron chi connectivity index (χ1n) is 10.3. The van der Waals surface area contributed by atoms with Crippen LogP contribution in [0.2, 0.25) is 0 Å². The number of carbonyl (C=O) groups is 2. The molecule has 0 fully saturated rings. The van der Waals surface area contributed by atoms with E-state index in [9.17, 15) is 9.59 Å². The van der Waals surface area contributed by atoms with Gasteiger partial charge in [-0.05, 0) is 53.0 Å². The molecule has 0 radical (unpaired) electrons. The molecule has 0 bridgehead atoms. The number of aromatic nitrogens is 1. The topological polar surface area (TPSA) is 68.7 Å². The van der Waals surface area contributed by atoms with Crippen LogP contribution in [0.25, 0.3) is 0 Å². The molecule has 0 saturated heterocycles. The Morgan fingerprint density at radius 3 is 2.43 bits per heavy atom. The Balaban J connectivity index is 2.00. The van der Waals surface area contributed by atoms with Gasteiger partial charge < -0.3 is 14.4 Å². The molecule has 164 valence electrons. The van der Waals surface area contributed by atoms with E-state index in [-0.39, 0.29) is 6.09 Å². The van der Waals surface area contributed by atoms with Crippen molar-refractivity contribution in [3.8, 4) is 0 Å². The maximum Gasteiger partial charge on any atom is 0.410 e. The molecular weight excluding hydrogens is 400 g/mol. The summed E-state index contributed by atoms with van der Waals surface area (Å²) in [7, 11) is 0. The third-order valence-corrected chi connectivity index (χ3v) is 5.32. The molecule has 0 saturated carbocycles. The fourth-order valence-electron chi connectivity index (χ4n) is 2.92. The third kappa shape index (κ3) is 7.78. The summed E-state index contributed by atoms with van der Waals surface area (Å²) in [6.07, 6.45) is 1.97. The lowest BCUT2D eigenvalue weighted by Gasteiger charge is -2.27. The molecule has 2 aromatic rings. The second kappa shape index (κ2) is 11.1. The van der Waals surface area contributed by atoms with Crippen LogP contribution in [0.4, 0.5) is 4.79 Å². The summed E-state index contributed by atoms with van der Waals surface area (Å²) in [5.74, 6) is -0.399. The van der Waals surface area contributed by atoms with Crippen molar-refractivity contribution in [2.75, 3.05) is 19.7 Å². The lowest BCUT2D eigenvalue weighted by atomic mass is 10.1. The fraction of sp³-hybridized carbons (Fsp3) is 0.522. The van der Waals surface area contributed by atoms with Crippen LogP contribution in [0.3, 0.4) is 0 Å². The van der Waals surface area contributed by atoms with Gasteiger partial charge in [-0.15, -0.1) is 11.3 Å². The molecule has 6 nitrogen and oxygen atoms in total. The van der Waals surface area contributed by atoms with Crippen molar-refractivity contribution in [2.45, 2.75) is 59.5 Å². The van der Waals surface area contributed by atoms with E-state index in [1.165, 1.54) is 16.9 Å².